The van der Waals surface area contributed by atoms with Gasteiger partial charge in [-0.05, 0) is 61.9 Å². The molecule has 0 aromatic heterocycles. The van der Waals surface area contributed by atoms with Crippen molar-refractivity contribution in [2.45, 2.75) is 32.6 Å². The number of likely N-dealkylation sites (tertiary alicyclic amines) is 1. The quantitative estimate of drug-likeness (QED) is 0.820. The van der Waals surface area contributed by atoms with Gasteiger partial charge in [-0.15, -0.1) is 0 Å². The van der Waals surface area contributed by atoms with E-state index in [1.165, 1.54) is 5.56 Å². The SMILES string of the molecule is CCNCC1CCN(C(=O)c2ccccc2CCc2ccccc2)CC1. The molecule has 2 aromatic rings. The number of aryl methyl sites for hydroxylation is 2. The van der Waals surface area contributed by atoms with Crippen LogP contribution in [0.5, 0.6) is 0 Å². The van der Waals surface area contributed by atoms with Gasteiger partial charge in [0.1, 0.15) is 0 Å². The zero-order valence-corrected chi connectivity index (χ0v) is 15.8. The van der Waals surface area contributed by atoms with Crippen molar-refractivity contribution in [2.75, 3.05) is 26.2 Å². The Labute approximate surface area is 157 Å². The fraction of sp³-hybridized carbons (Fsp3) is 0.435. The van der Waals surface area contributed by atoms with Gasteiger partial charge in [-0.1, -0.05) is 55.5 Å². The highest BCUT2D eigenvalue weighted by Gasteiger charge is 2.24. The van der Waals surface area contributed by atoms with Gasteiger partial charge in [-0.2, -0.15) is 0 Å². The van der Waals surface area contributed by atoms with Crippen LogP contribution in [0.1, 0.15) is 41.3 Å². The molecule has 0 atom stereocenters. The number of carbonyl (C=O) groups excluding carboxylic acids is 1. The Balaban J connectivity index is 1.61. The van der Waals surface area contributed by atoms with Gasteiger partial charge in [0.25, 0.3) is 5.91 Å². The topological polar surface area (TPSA) is 32.3 Å². The molecule has 0 spiro atoms. The van der Waals surface area contributed by atoms with E-state index in [2.05, 4.69) is 42.6 Å². The minimum absolute atomic E-state index is 0.204. The van der Waals surface area contributed by atoms with Crippen molar-refractivity contribution in [1.82, 2.24) is 10.2 Å². The molecule has 2 aromatic carbocycles. The normalized spacial score (nSPS) is 15.2. The van der Waals surface area contributed by atoms with Crippen molar-refractivity contribution in [1.29, 1.82) is 0 Å². The molecule has 1 fully saturated rings. The second-order valence-corrected chi connectivity index (χ2v) is 7.19. The molecule has 1 heterocycles. The third kappa shape index (κ3) is 4.95. The predicted octanol–water partition coefficient (Wildman–Crippen LogP) is 3.93. The largest absolute Gasteiger partial charge is 0.339 e. The Morgan fingerprint density at radius 1 is 1.00 bits per heavy atom. The Bertz CT molecular complexity index is 690. The first-order valence-electron chi connectivity index (χ1n) is 9.89. The van der Waals surface area contributed by atoms with Crippen LogP contribution in [0.25, 0.3) is 0 Å². The van der Waals surface area contributed by atoms with Crippen molar-refractivity contribution in [2.24, 2.45) is 5.92 Å². The van der Waals surface area contributed by atoms with E-state index in [-0.39, 0.29) is 5.91 Å². The minimum atomic E-state index is 0.204. The van der Waals surface area contributed by atoms with Gasteiger partial charge >= 0.3 is 0 Å². The molecule has 0 saturated carbocycles. The summed E-state index contributed by atoms with van der Waals surface area (Å²) in [5.74, 6) is 0.905. The Hall–Kier alpha value is -2.13. The van der Waals surface area contributed by atoms with E-state index in [1.54, 1.807) is 0 Å². The van der Waals surface area contributed by atoms with E-state index in [9.17, 15) is 4.79 Å². The Morgan fingerprint density at radius 3 is 2.42 bits per heavy atom. The summed E-state index contributed by atoms with van der Waals surface area (Å²) in [5, 5.41) is 3.43. The molecule has 1 amide bonds. The highest BCUT2D eigenvalue weighted by Crippen LogP contribution is 2.21. The summed E-state index contributed by atoms with van der Waals surface area (Å²) in [6, 6.07) is 18.6. The van der Waals surface area contributed by atoms with Crippen molar-refractivity contribution in [3.05, 3.63) is 71.3 Å². The molecule has 1 aliphatic rings. The third-order valence-corrected chi connectivity index (χ3v) is 5.36. The van der Waals surface area contributed by atoms with Crippen LogP contribution in [-0.2, 0) is 12.8 Å². The monoisotopic (exact) mass is 350 g/mol. The van der Waals surface area contributed by atoms with E-state index in [0.717, 1.165) is 63.0 Å². The van der Waals surface area contributed by atoms with Crippen molar-refractivity contribution in [3.8, 4) is 0 Å². The summed E-state index contributed by atoms with van der Waals surface area (Å²) in [4.78, 5) is 15.1. The van der Waals surface area contributed by atoms with Crippen LogP contribution in [0.4, 0.5) is 0 Å². The number of piperidine rings is 1. The van der Waals surface area contributed by atoms with Gasteiger partial charge in [-0.25, -0.2) is 0 Å². The van der Waals surface area contributed by atoms with Crippen LogP contribution in [0, 0.1) is 5.92 Å². The van der Waals surface area contributed by atoms with Crippen LogP contribution in [0.15, 0.2) is 54.6 Å². The second-order valence-electron chi connectivity index (χ2n) is 7.19. The van der Waals surface area contributed by atoms with E-state index < -0.39 is 0 Å². The number of hydrogen-bond donors (Lipinski definition) is 1. The second kappa shape index (κ2) is 9.54. The number of hydrogen-bond acceptors (Lipinski definition) is 2. The molecule has 3 nitrogen and oxygen atoms in total. The summed E-state index contributed by atoms with van der Waals surface area (Å²) in [7, 11) is 0. The zero-order chi connectivity index (χ0) is 18.2. The first-order chi connectivity index (χ1) is 12.8. The van der Waals surface area contributed by atoms with Gasteiger partial charge in [-0.3, -0.25) is 4.79 Å². The zero-order valence-electron chi connectivity index (χ0n) is 15.8. The molecule has 0 unspecified atom stereocenters. The average Bonchev–Trinajstić information content (AvgIpc) is 2.71. The lowest BCUT2D eigenvalue weighted by atomic mass is 9.95. The Kier molecular flexibility index (Phi) is 6.84. The predicted molar refractivity (Wildman–Crippen MR) is 107 cm³/mol. The van der Waals surface area contributed by atoms with E-state index in [1.807, 2.05) is 29.2 Å². The summed E-state index contributed by atoms with van der Waals surface area (Å²) >= 11 is 0. The number of amides is 1. The van der Waals surface area contributed by atoms with E-state index >= 15 is 0 Å². The molecule has 1 aliphatic heterocycles. The highest BCUT2D eigenvalue weighted by molar-refractivity contribution is 5.95. The number of carbonyl (C=O) groups is 1. The average molecular weight is 351 g/mol. The lowest BCUT2D eigenvalue weighted by molar-refractivity contribution is 0.0689. The molecule has 138 valence electrons. The first kappa shape index (κ1) is 18.7. The smallest absolute Gasteiger partial charge is 0.254 e. The van der Waals surface area contributed by atoms with Crippen molar-refractivity contribution in [3.63, 3.8) is 0 Å². The van der Waals surface area contributed by atoms with Gasteiger partial charge in [0.2, 0.25) is 0 Å². The summed E-state index contributed by atoms with van der Waals surface area (Å²) in [5.41, 5.74) is 3.36. The van der Waals surface area contributed by atoms with Crippen molar-refractivity contribution >= 4 is 5.91 Å². The molecule has 0 radical (unpaired) electrons. The fourth-order valence-corrected chi connectivity index (χ4v) is 3.73. The van der Waals surface area contributed by atoms with E-state index in [4.69, 9.17) is 0 Å². The molecule has 1 saturated heterocycles. The van der Waals surface area contributed by atoms with Crippen molar-refractivity contribution < 1.29 is 4.79 Å². The number of nitrogens with one attached hydrogen (secondary N) is 1. The van der Waals surface area contributed by atoms with Gasteiger partial charge in [0, 0.05) is 18.7 Å². The summed E-state index contributed by atoms with van der Waals surface area (Å²) in [6.07, 6.45) is 4.08. The van der Waals surface area contributed by atoms with Crippen LogP contribution < -0.4 is 5.32 Å². The molecule has 0 aliphatic carbocycles. The molecule has 3 heteroatoms. The fourth-order valence-electron chi connectivity index (χ4n) is 3.73. The number of rotatable bonds is 7. The standard InChI is InChI=1S/C23H30N2O/c1-2-24-18-20-14-16-25(17-15-20)23(26)22-11-7-6-10-21(22)13-12-19-8-4-3-5-9-19/h3-11,20,24H,2,12-18H2,1H3. The third-order valence-electron chi connectivity index (χ3n) is 5.36. The lowest BCUT2D eigenvalue weighted by Crippen LogP contribution is -2.41. The van der Waals surface area contributed by atoms with Gasteiger partial charge in [0.15, 0.2) is 0 Å². The molecule has 1 N–H and O–H groups in total. The number of nitrogens with zero attached hydrogens (tertiary/aromatic N) is 1. The van der Waals surface area contributed by atoms with Gasteiger partial charge < -0.3 is 10.2 Å². The molecule has 3 rings (SSSR count). The molecule has 26 heavy (non-hydrogen) atoms. The summed E-state index contributed by atoms with van der Waals surface area (Å²) in [6.45, 7) is 6.00. The van der Waals surface area contributed by atoms with Crippen LogP contribution in [-0.4, -0.2) is 37.0 Å². The maximum Gasteiger partial charge on any atom is 0.254 e. The maximum atomic E-state index is 13.1. The van der Waals surface area contributed by atoms with Crippen LogP contribution in [0.2, 0.25) is 0 Å². The highest BCUT2D eigenvalue weighted by atomic mass is 16.2. The first-order valence-corrected chi connectivity index (χ1v) is 9.89. The molecule has 0 bridgehead atoms. The molecular weight excluding hydrogens is 320 g/mol. The van der Waals surface area contributed by atoms with Crippen LogP contribution in [0.3, 0.4) is 0 Å². The van der Waals surface area contributed by atoms with Gasteiger partial charge in [0.05, 0.1) is 0 Å². The van der Waals surface area contributed by atoms with Crippen LogP contribution >= 0.6 is 0 Å². The summed E-state index contributed by atoms with van der Waals surface area (Å²) < 4.78 is 0. The number of benzene rings is 2. The minimum Gasteiger partial charge on any atom is -0.339 e. The molecular formula is C23H30N2O. The maximum absolute atomic E-state index is 13.1. The lowest BCUT2D eigenvalue weighted by Gasteiger charge is -2.32. The Morgan fingerprint density at radius 2 is 1.69 bits per heavy atom. The van der Waals surface area contributed by atoms with E-state index in [0.29, 0.717) is 5.92 Å².